The summed E-state index contributed by atoms with van der Waals surface area (Å²) < 4.78 is 6.94. The van der Waals surface area contributed by atoms with Crippen molar-refractivity contribution in [3.8, 4) is 5.75 Å². The molecular formula is C18H20BrNO. The molecule has 21 heavy (non-hydrogen) atoms. The van der Waals surface area contributed by atoms with Gasteiger partial charge in [0.15, 0.2) is 0 Å². The third kappa shape index (κ3) is 3.79. The Labute approximate surface area is 134 Å². The van der Waals surface area contributed by atoms with Crippen molar-refractivity contribution in [2.24, 2.45) is 0 Å². The summed E-state index contributed by atoms with van der Waals surface area (Å²) in [6.45, 7) is 2.78. The molecule has 2 nitrogen and oxygen atoms in total. The second-order valence-electron chi connectivity index (χ2n) is 5.38. The maximum Gasteiger partial charge on any atom is 0.119 e. The first-order valence-electron chi connectivity index (χ1n) is 7.54. The van der Waals surface area contributed by atoms with Crippen LogP contribution in [0, 0.1) is 0 Å². The average molecular weight is 346 g/mol. The molecule has 2 aromatic carbocycles. The van der Waals surface area contributed by atoms with Gasteiger partial charge < -0.3 is 9.64 Å². The molecule has 0 saturated heterocycles. The van der Waals surface area contributed by atoms with Crippen LogP contribution in [0.5, 0.6) is 5.75 Å². The number of halogens is 1. The second-order valence-corrected chi connectivity index (χ2v) is 6.29. The van der Waals surface area contributed by atoms with Crippen molar-refractivity contribution < 1.29 is 4.74 Å². The van der Waals surface area contributed by atoms with E-state index in [1.807, 2.05) is 24.3 Å². The fraction of sp³-hybridized carbons (Fsp3) is 0.333. The second kappa shape index (κ2) is 6.99. The summed E-state index contributed by atoms with van der Waals surface area (Å²) in [6.07, 6.45) is 3.73. The van der Waals surface area contributed by atoms with Crippen molar-refractivity contribution in [3.05, 3.63) is 58.6 Å². The highest BCUT2D eigenvalue weighted by atomic mass is 79.9. The normalized spacial score (nSPS) is 14.4. The van der Waals surface area contributed by atoms with Crippen molar-refractivity contribution >= 4 is 21.6 Å². The Morgan fingerprint density at radius 1 is 1.00 bits per heavy atom. The first-order chi connectivity index (χ1) is 10.3. The minimum Gasteiger partial charge on any atom is -0.492 e. The maximum absolute atomic E-state index is 5.86. The minimum atomic E-state index is 0.718. The molecule has 1 aliphatic rings. The Morgan fingerprint density at radius 3 is 2.67 bits per heavy atom. The van der Waals surface area contributed by atoms with Crippen molar-refractivity contribution in [1.29, 1.82) is 0 Å². The lowest BCUT2D eigenvalue weighted by Crippen LogP contribution is -2.29. The highest BCUT2D eigenvalue weighted by molar-refractivity contribution is 9.10. The van der Waals surface area contributed by atoms with Crippen molar-refractivity contribution in [3.63, 3.8) is 0 Å². The quantitative estimate of drug-likeness (QED) is 0.798. The SMILES string of the molecule is Brc1ccc(OCCN2CCCCc3ccccc32)cc1. The van der Waals surface area contributed by atoms with Crippen LogP contribution in [0.1, 0.15) is 18.4 Å². The zero-order valence-corrected chi connectivity index (χ0v) is 13.7. The van der Waals surface area contributed by atoms with E-state index in [2.05, 4.69) is 45.1 Å². The molecular weight excluding hydrogens is 326 g/mol. The Bertz CT molecular complexity index is 582. The molecule has 1 aliphatic heterocycles. The molecule has 0 atom stereocenters. The Morgan fingerprint density at radius 2 is 1.81 bits per heavy atom. The van der Waals surface area contributed by atoms with E-state index in [1.54, 1.807) is 0 Å². The van der Waals surface area contributed by atoms with E-state index >= 15 is 0 Å². The standard InChI is InChI=1S/C18H20BrNO/c19-16-8-10-17(11-9-16)21-14-13-20-12-4-3-6-15-5-1-2-7-18(15)20/h1-2,5,7-11H,3-4,6,12-14H2. The molecule has 110 valence electrons. The van der Waals surface area contributed by atoms with Crippen LogP contribution >= 0.6 is 15.9 Å². The molecule has 3 rings (SSSR count). The lowest BCUT2D eigenvalue weighted by atomic mass is 10.1. The number of hydrogen-bond donors (Lipinski definition) is 0. The molecule has 3 heteroatoms. The molecule has 0 aromatic heterocycles. The molecule has 1 heterocycles. The first kappa shape index (κ1) is 14.5. The summed E-state index contributed by atoms with van der Waals surface area (Å²) in [6, 6.07) is 16.8. The van der Waals surface area contributed by atoms with E-state index in [-0.39, 0.29) is 0 Å². The third-order valence-electron chi connectivity index (χ3n) is 3.90. The van der Waals surface area contributed by atoms with Gasteiger partial charge in [-0.25, -0.2) is 0 Å². The maximum atomic E-state index is 5.86. The van der Waals surface area contributed by atoms with E-state index in [9.17, 15) is 0 Å². The molecule has 0 radical (unpaired) electrons. The Hall–Kier alpha value is -1.48. The van der Waals surface area contributed by atoms with Gasteiger partial charge in [-0.2, -0.15) is 0 Å². The Kier molecular flexibility index (Phi) is 4.81. The Balaban J connectivity index is 1.61. The van der Waals surface area contributed by atoms with Gasteiger partial charge in [-0.05, 0) is 55.2 Å². The number of benzene rings is 2. The molecule has 0 amide bonds. The fourth-order valence-electron chi connectivity index (χ4n) is 2.81. The van der Waals surface area contributed by atoms with Gasteiger partial charge in [-0.3, -0.25) is 0 Å². The number of ether oxygens (including phenoxy) is 1. The molecule has 0 N–H and O–H groups in total. The van der Waals surface area contributed by atoms with Gasteiger partial charge in [0.05, 0.1) is 6.54 Å². The van der Waals surface area contributed by atoms with Crippen LogP contribution < -0.4 is 9.64 Å². The summed E-state index contributed by atoms with van der Waals surface area (Å²) in [5.41, 5.74) is 2.85. The van der Waals surface area contributed by atoms with Crippen LogP contribution in [-0.4, -0.2) is 19.7 Å². The van der Waals surface area contributed by atoms with Crippen LogP contribution in [0.25, 0.3) is 0 Å². The molecule has 0 fully saturated rings. The van der Waals surface area contributed by atoms with Gasteiger partial charge >= 0.3 is 0 Å². The fourth-order valence-corrected chi connectivity index (χ4v) is 3.07. The molecule has 0 bridgehead atoms. The number of aryl methyl sites for hydroxylation is 1. The van der Waals surface area contributed by atoms with Crippen molar-refractivity contribution in [2.45, 2.75) is 19.3 Å². The molecule has 2 aromatic rings. The smallest absolute Gasteiger partial charge is 0.119 e. The summed E-state index contributed by atoms with van der Waals surface area (Å²) in [4.78, 5) is 2.46. The van der Waals surface area contributed by atoms with Crippen molar-refractivity contribution in [1.82, 2.24) is 0 Å². The number of hydrogen-bond acceptors (Lipinski definition) is 2. The minimum absolute atomic E-state index is 0.718. The van der Waals surface area contributed by atoms with Gasteiger partial charge in [-0.15, -0.1) is 0 Å². The van der Waals surface area contributed by atoms with Crippen LogP contribution in [0.2, 0.25) is 0 Å². The number of para-hydroxylation sites is 1. The first-order valence-corrected chi connectivity index (χ1v) is 8.33. The van der Waals surface area contributed by atoms with Gasteiger partial charge in [0, 0.05) is 16.7 Å². The summed E-state index contributed by atoms with van der Waals surface area (Å²) in [5.74, 6) is 0.932. The summed E-state index contributed by atoms with van der Waals surface area (Å²) in [7, 11) is 0. The number of rotatable bonds is 4. The average Bonchev–Trinajstić information content (AvgIpc) is 2.72. The van der Waals surface area contributed by atoms with Crippen LogP contribution in [0.3, 0.4) is 0 Å². The van der Waals surface area contributed by atoms with Crippen LogP contribution in [-0.2, 0) is 6.42 Å². The van der Waals surface area contributed by atoms with E-state index < -0.39 is 0 Å². The largest absolute Gasteiger partial charge is 0.492 e. The highest BCUT2D eigenvalue weighted by Gasteiger charge is 2.14. The van der Waals surface area contributed by atoms with Gasteiger partial charge in [-0.1, -0.05) is 34.1 Å². The van der Waals surface area contributed by atoms with Crippen LogP contribution in [0.4, 0.5) is 5.69 Å². The van der Waals surface area contributed by atoms with E-state index in [4.69, 9.17) is 4.74 Å². The topological polar surface area (TPSA) is 12.5 Å². The molecule has 0 aliphatic carbocycles. The molecule has 0 unspecified atom stereocenters. The third-order valence-corrected chi connectivity index (χ3v) is 4.43. The van der Waals surface area contributed by atoms with Crippen LogP contribution in [0.15, 0.2) is 53.0 Å². The van der Waals surface area contributed by atoms with Gasteiger partial charge in [0.2, 0.25) is 0 Å². The van der Waals surface area contributed by atoms with E-state index in [0.717, 1.165) is 29.9 Å². The molecule has 0 saturated carbocycles. The summed E-state index contributed by atoms with van der Waals surface area (Å²) in [5, 5.41) is 0. The predicted octanol–water partition coefficient (Wildman–Crippen LogP) is 4.67. The summed E-state index contributed by atoms with van der Waals surface area (Å²) >= 11 is 3.44. The number of fused-ring (bicyclic) bond motifs is 1. The lowest BCUT2D eigenvalue weighted by Gasteiger charge is -2.24. The van der Waals surface area contributed by atoms with Gasteiger partial charge in [0.1, 0.15) is 12.4 Å². The number of nitrogens with zero attached hydrogens (tertiary/aromatic N) is 1. The zero-order chi connectivity index (χ0) is 14.5. The zero-order valence-electron chi connectivity index (χ0n) is 12.1. The number of anilines is 1. The van der Waals surface area contributed by atoms with Crippen molar-refractivity contribution in [2.75, 3.05) is 24.6 Å². The monoisotopic (exact) mass is 345 g/mol. The van der Waals surface area contributed by atoms with E-state index in [1.165, 1.54) is 30.5 Å². The predicted molar refractivity (Wildman–Crippen MR) is 91.2 cm³/mol. The van der Waals surface area contributed by atoms with Gasteiger partial charge in [0.25, 0.3) is 0 Å². The highest BCUT2D eigenvalue weighted by Crippen LogP contribution is 2.25. The molecule has 0 spiro atoms. The lowest BCUT2D eigenvalue weighted by molar-refractivity contribution is 0.323. The van der Waals surface area contributed by atoms with E-state index in [0.29, 0.717) is 0 Å².